The monoisotopic (exact) mass is 654 g/mol. The number of nitrogens with zero attached hydrogens (tertiary/aromatic N) is 1. The zero-order chi connectivity index (χ0) is 32.8. The molecule has 0 N–H and O–H groups in total. The lowest BCUT2D eigenvalue weighted by Gasteiger charge is -2.37. The Labute approximate surface area is 246 Å². The van der Waals surface area contributed by atoms with Gasteiger partial charge in [-0.3, -0.25) is 0 Å². The lowest BCUT2D eigenvalue weighted by molar-refractivity contribution is -0.144. The van der Waals surface area contributed by atoms with Gasteiger partial charge in [0.05, 0.1) is 22.3 Å². The molecule has 1 fully saturated rings. The third-order valence-electron chi connectivity index (χ3n) is 6.65. The zero-order valence-electron chi connectivity index (χ0n) is 22.6. The van der Waals surface area contributed by atoms with Crippen LogP contribution in [-0.2, 0) is 24.7 Å². The van der Waals surface area contributed by atoms with Crippen molar-refractivity contribution in [3.8, 4) is 0 Å². The van der Waals surface area contributed by atoms with Gasteiger partial charge in [0.25, 0.3) is 0 Å². The van der Waals surface area contributed by atoms with E-state index in [1.54, 1.807) is 49.3 Å². The van der Waals surface area contributed by atoms with Crippen molar-refractivity contribution in [1.82, 2.24) is 4.90 Å². The van der Waals surface area contributed by atoms with Gasteiger partial charge in [-0.15, -0.1) is 0 Å². The Morgan fingerprint density at radius 3 is 1.27 bits per heavy atom. The van der Waals surface area contributed by atoms with Crippen LogP contribution in [0.2, 0.25) is 0 Å². The summed E-state index contributed by atoms with van der Waals surface area (Å²) in [5.74, 6) is 0.282. The largest absolute Gasteiger partial charge is 0.416 e. The molecule has 44 heavy (non-hydrogen) atoms. The van der Waals surface area contributed by atoms with Crippen molar-refractivity contribution in [2.75, 3.05) is 14.1 Å². The molecule has 4 rings (SSSR count). The smallest absolute Gasteiger partial charge is 0.302 e. The highest BCUT2D eigenvalue weighted by Gasteiger charge is 2.46. The lowest BCUT2D eigenvalue weighted by atomic mass is 9.90. The molecule has 0 spiro atoms. The lowest BCUT2D eigenvalue weighted by Crippen LogP contribution is -2.31. The minimum absolute atomic E-state index is 0.0116. The van der Waals surface area contributed by atoms with E-state index in [4.69, 9.17) is 0 Å². The van der Waals surface area contributed by atoms with E-state index in [2.05, 4.69) is 0 Å². The summed E-state index contributed by atoms with van der Waals surface area (Å²) in [5, 5.41) is -1.46. The van der Waals surface area contributed by atoms with Gasteiger partial charge < -0.3 is 4.90 Å². The molecule has 14 heteroatoms. The predicted octanol–water partition coefficient (Wildman–Crippen LogP) is 9.23. The molecule has 3 aromatic rings. The summed E-state index contributed by atoms with van der Waals surface area (Å²) < 4.78 is 166. The molecule has 0 aromatic heterocycles. The van der Waals surface area contributed by atoms with Crippen LogP contribution in [-0.4, -0.2) is 19.0 Å². The summed E-state index contributed by atoms with van der Waals surface area (Å²) in [6, 6.07) is 8.76. The van der Waals surface area contributed by atoms with Crippen molar-refractivity contribution in [3.63, 3.8) is 0 Å². The van der Waals surface area contributed by atoms with E-state index in [0.717, 1.165) is 0 Å². The molecule has 1 atom stereocenters. The second-order valence-electron chi connectivity index (χ2n) is 10.0. The van der Waals surface area contributed by atoms with Crippen LogP contribution in [0.1, 0.15) is 33.9 Å². The van der Waals surface area contributed by atoms with Gasteiger partial charge in [0, 0.05) is 17.6 Å². The Morgan fingerprint density at radius 1 is 0.545 bits per heavy atom. The first-order valence-electron chi connectivity index (χ1n) is 12.5. The average molecular weight is 654 g/mol. The third kappa shape index (κ3) is 7.53. The molecule has 1 aliphatic rings. The fourth-order valence-corrected chi connectivity index (χ4v) is 7.43. The quantitative estimate of drug-likeness (QED) is 0.189. The maximum atomic E-state index is 13.9. The SMILES string of the molecule is CN(C)C([C]1[CH][CH][CH][C]1P(c1cc(C(F)(F)F)cc(C(F)(F)F)c1)c1cc(C(F)(F)F)cc(C(F)(F)F)c1)c1ccccc1. The Hall–Kier alpha value is -2.79. The fourth-order valence-electron chi connectivity index (χ4n) is 4.81. The van der Waals surface area contributed by atoms with Crippen molar-refractivity contribution in [2.24, 2.45) is 0 Å². The summed E-state index contributed by atoms with van der Waals surface area (Å²) in [4.78, 5) is 1.66. The summed E-state index contributed by atoms with van der Waals surface area (Å²) >= 11 is 0. The van der Waals surface area contributed by atoms with Gasteiger partial charge in [0.2, 0.25) is 0 Å². The van der Waals surface area contributed by atoms with Crippen LogP contribution in [0.5, 0.6) is 0 Å². The maximum absolute atomic E-state index is 13.9. The second kappa shape index (κ2) is 12.2. The van der Waals surface area contributed by atoms with Crippen molar-refractivity contribution in [3.05, 3.63) is 125 Å². The van der Waals surface area contributed by atoms with Gasteiger partial charge in [-0.2, -0.15) is 52.7 Å². The molecule has 235 valence electrons. The van der Waals surface area contributed by atoms with Crippen molar-refractivity contribution in [2.45, 2.75) is 30.7 Å². The molecule has 5 radical (unpaired) electrons. The van der Waals surface area contributed by atoms with E-state index in [0.29, 0.717) is 29.8 Å². The van der Waals surface area contributed by atoms with Gasteiger partial charge in [0.1, 0.15) is 0 Å². The molecular weight excluding hydrogens is 633 g/mol. The third-order valence-corrected chi connectivity index (χ3v) is 9.09. The van der Waals surface area contributed by atoms with Gasteiger partial charge in [-0.1, -0.05) is 30.3 Å². The number of hydrogen-bond acceptors (Lipinski definition) is 1. The Morgan fingerprint density at radius 2 is 0.932 bits per heavy atom. The molecule has 1 nitrogen and oxygen atoms in total. The van der Waals surface area contributed by atoms with Crippen LogP contribution in [0.3, 0.4) is 0 Å². The molecule has 0 aliphatic heterocycles. The highest BCUT2D eigenvalue weighted by molar-refractivity contribution is 7.76. The summed E-state index contributed by atoms with van der Waals surface area (Å²) in [6.45, 7) is 0. The first-order chi connectivity index (χ1) is 20.2. The van der Waals surface area contributed by atoms with Crippen LogP contribution in [0.25, 0.3) is 0 Å². The van der Waals surface area contributed by atoms with Crippen molar-refractivity contribution in [1.29, 1.82) is 0 Å². The normalized spacial score (nSPS) is 16.7. The molecule has 1 aliphatic carbocycles. The molecule has 0 saturated heterocycles. The minimum atomic E-state index is -5.31. The van der Waals surface area contributed by atoms with Crippen LogP contribution in [0.4, 0.5) is 52.7 Å². The highest BCUT2D eigenvalue weighted by Crippen LogP contribution is 2.60. The van der Waals surface area contributed by atoms with E-state index < -0.39 is 71.5 Å². The summed E-state index contributed by atoms with van der Waals surface area (Å²) in [5.41, 5.74) is -6.41. The Balaban J connectivity index is 2.05. The standard InChI is InChI=1S/C30H21F12NP/c1-43(2)26(17-7-4-3-5-8-17)24-9-6-10-25(24)44(22-13-18(27(31,32)33)11-19(14-22)28(34,35)36)23-15-20(29(37,38)39)12-21(16-23)30(40,41)42/h3-16,26H,1-2H3. The predicted molar refractivity (Wildman–Crippen MR) is 141 cm³/mol. The van der Waals surface area contributed by atoms with Gasteiger partial charge >= 0.3 is 24.7 Å². The molecule has 1 unspecified atom stereocenters. The Kier molecular flexibility index (Phi) is 9.45. The van der Waals surface area contributed by atoms with E-state index in [1.807, 2.05) is 0 Å². The first kappa shape index (κ1) is 34.1. The van der Waals surface area contributed by atoms with Gasteiger partial charge in [-0.05, 0) is 93.9 Å². The van der Waals surface area contributed by atoms with E-state index in [1.165, 1.54) is 19.3 Å². The van der Waals surface area contributed by atoms with Crippen LogP contribution < -0.4 is 10.6 Å². The van der Waals surface area contributed by atoms with Crippen molar-refractivity contribution >= 4 is 18.5 Å². The van der Waals surface area contributed by atoms with E-state index in [9.17, 15) is 52.7 Å². The second-order valence-corrected chi connectivity index (χ2v) is 12.2. The molecule has 0 bridgehead atoms. The number of rotatable bonds is 6. The fraction of sp³-hybridized carbons (Fsp3) is 0.233. The zero-order valence-corrected chi connectivity index (χ0v) is 23.5. The van der Waals surface area contributed by atoms with Gasteiger partial charge in [0.15, 0.2) is 0 Å². The summed E-state index contributed by atoms with van der Waals surface area (Å²) in [6.07, 6.45) is -17.1. The van der Waals surface area contributed by atoms with Crippen LogP contribution in [0, 0.1) is 30.8 Å². The molecule has 3 aromatic carbocycles. The first-order valence-corrected chi connectivity index (χ1v) is 13.9. The highest BCUT2D eigenvalue weighted by atomic mass is 31.1. The van der Waals surface area contributed by atoms with Gasteiger partial charge in [-0.25, -0.2) is 0 Å². The molecule has 1 saturated carbocycles. The van der Waals surface area contributed by atoms with Crippen molar-refractivity contribution < 1.29 is 52.7 Å². The summed E-state index contributed by atoms with van der Waals surface area (Å²) in [7, 11) is 0.382. The topological polar surface area (TPSA) is 3.24 Å². The van der Waals surface area contributed by atoms with Crippen LogP contribution in [0.15, 0.2) is 66.7 Å². The molecule has 0 heterocycles. The number of alkyl halides is 12. The minimum Gasteiger partial charge on any atom is -0.302 e. The average Bonchev–Trinajstić information content (AvgIpc) is 3.35. The van der Waals surface area contributed by atoms with E-state index >= 15 is 0 Å². The molecule has 0 amide bonds. The molecular formula is C30H21F12NP. The van der Waals surface area contributed by atoms with E-state index in [-0.39, 0.29) is 23.7 Å². The Bertz CT molecular complexity index is 1300. The number of hydrogen-bond donors (Lipinski definition) is 0. The maximum Gasteiger partial charge on any atom is 0.416 e. The number of halogens is 12. The van der Waals surface area contributed by atoms with Crippen LogP contribution >= 0.6 is 7.92 Å². The number of benzene rings is 3.